The summed E-state index contributed by atoms with van der Waals surface area (Å²) in [7, 11) is 0. The van der Waals surface area contributed by atoms with E-state index < -0.39 is 11.8 Å². The van der Waals surface area contributed by atoms with Crippen LogP contribution in [0.2, 0.25) is 0 Å². The van der Waals surface area contributed by atoms with Gasteiger partial charge in [-0.2, -0.15) is 0 Å². The summed E-state index contributed by atoms with van der Waals surface area (Å²) in [6.45, 7) is 3.64. The van der Waals surface area contributed by atoms with Crippen LogP contribution in [0.5, 0.6) is 0 Å². The van der Waals surface area contributed by atoms with Crippen LogP contribution in [0.25, 0.3) is 0 Å². The Balaban J connectivity index is 2.86. The number of amides is 2. The zero-order chi connectivity index (χ0) is 13.7. The summed E-state index contributed by atoms with van der Waals surface area (Å²) in [5, 5.41) is 19.7. The first-order valence-corrected chi connectivity index (χ1v) is 5.62. The zero-order valence-electron chi connectivity index (χ0n) is 10.3. The van der Waals surface area contributed by atoms with Crippen molar-refractivity contribution in [2.24, 2.45) is 0 Å². The molecule has 1 aromatic rings. The Bertz CT molecular complexity index is 389. The van der Waals surface area contributed by atoms with Crippen LogP contribution in [0.4, 0.5) is 0 Å². The molecule has 0 saturated carbocycles. The molecule has 0 aliphatic rings. The van der Waals surface area contributed by atoms with Crippen molar-refractivity contribution in [1.82, 2.24) is 10.1 Å². The van der Waals surface area contributed by atoms with Crippen LogP contribution in [0, 0.1) is 0 Å². The van der Waals surface area contributed by atoms with Crippen molar-refractivity contribution in [2.45, 2.75) is 13.8 Å². The average Bonchev–Trinajstić information content (AvgIpc) is 2.44. The van der Waals surface area contributed by atoms with E-state index in [1.54, 1.807) is 13.8 Å². The minimum absolute atomic E-state index is 0.180. The molecule has 0 unspecified atom stereocenters. The predicted molar refractivity (Wildman–Crippen MR) is 63.4 cm³/mol. The van der Waals surface area contributed by atoms with E-state index in [2.05, 4.69) is 0 Å². The van der Waals surface area contributed by atoms with Crippen LogP contribution in [0.3, 0.4) is 0 Å². The van der Waals surface area contributed by atoms with Crippen molar-refractivity contribution >= 4 is 11.8 Å². The van der Waals surface area contributed by atoms with Gasteiger partial charge in [0, 0.05) is 24.2 Å². The molecule has 0 aromatic heterocycles. The predicted octanol–water partition coefficient (Wildman–Crippen LogP) is 1.39. The maximum atomic E-state index is 11.6. The number of carbonyl (C=O) groups is 2. The second-order valence-corrected chi connectivity index (χ2v) is 3.62. The van der Waals surface area contributed by atoms with Crippen molar-refractivity contribution in [2.75, 3.05) is 13.1 Å². The maximum Gasteiger partial charge on any atom is 0.277 e. The van der Waals surface area contributed by atoms with E-state index in [1.807, 2.05) is 0 Å². The molecule has 0 radical (unpaired) electrons. The molecular formula is C12H16N2O4. The molecule has 0 fully saturated rings. The van der Waals surface area contributed by atoms with Gasteiger partial charge >= 0.3 is 0 Å². The Morgan fingerprint density at radius 2 is 1.17 bits per heavy atom. The van der Waals surface area contributed by atoms with Crippen molar-refractivity contribution in [1.29, 1.82) is 0 Å². The Labute approximate surface area is 105 Å². The number of hydroxylamine groups is 4. The van der Waals surface area contributed by atoms with Gasteiger partial charge in [-0.25, -0.2) is 10.1 Å². The van der Waals surface area contributed by atoms with Gasteiger partial charge in [-0.05, 0) is 38.1 Å². The Hall–Kier alpha value is -1.92. The van der Waals surface area contributed by atoms with Crippen molar-refractivity contribution < 1.29 is 20.0 Å². The first kappa shape index (κ1) is 14.1. The highest BCUT2D eigenvalue weighted by molar-refractivity contribution is 5.97. The minimum Gasteiger partial charge on any atom is -0.286 e. The van der Waals surface area contributed by atoms with Gasteiger partial charge in [0.15, 0.2) is 0 Å². The molecule has 6 heteroatoms. The molecule has 0 aliphatic carbocycles. The second-order valence-electron chi connectivity index (χ2n) is 3.62. The number of hydrogen-bond donors (Lipinski definition) is 2. The van der Waals surface area contributed by atoms with Crippen molar-refractivity contribution in [3.05, 3.63) is 35.4 Å². The fourth-order valence-corrected chi connectivity index (χ4v) is 1.34. The van der Waals surface area contributed by atoms with Crippen molar-refractivity contribution in [3.63, 3.8) is 0 Å². The van der Waals surface area contributed by atoms with E-state index in [9.17, 15) is 20.0 Å². The Morgan fingerprint density at radius 1 is 0.889 bits per heavy atom. The van der Waals surface area contributed by atoms with Crippen LogP contribution < -0.4 is 0 Å². The lowest BCUT2D eigenvalue weighted by molar-refractivity contribution is -0.0545. The first-order valence-electron chi connectivity index (χ1n) is 5.62. The Morgan fingerprint density at radius 3 is 1.39 bits per heavy atom. The highest BCUT2D eigenvalue weighted by Crippen LogP contribution is 2.08. The van der Waals surface area contributed by atoms with E-state index in [0.717, 1.165) is 0 Å². The monoisotopic (exact) mass is 252 g/mol. The fourth-order valence-electron chi connectivity index (χ4n) is 1.34. The zero-order valence-corrected chi connectivity index (χ0v) is 10.3. The van der Waals surface area contributed by atoms with E-state index >= 15 is 0 Å². The van der Waals surface area contributed by atoms with Gasteiger partial charge in [0.1, 0.15) is 0 Å². The van der Waals surface area contributed by atoms with E-state index in [-0.39, 0.29) is 24.2 Å². The van der Waals surface area contributed by atoms with Crippen LogP contribution in [0.1, 0.15) is 34.6 Å². The third-order valence-electron chi connectivity index (χ3n) is 2.45. The molecular weight excluding hydrogens is 236 g/mol. The number of rotatable bonds is 4. The molecule has 98 valence electrons. The standard InChI is InChI=1S/C12H16N2O4/c1-3-13(17)11(15)9-5-7-10(8-6-9)12(16)14(18)4-2/h5-8,17-18H,3-4H2,1-2H3. The summed E-state index contributed by atoms with van der Waals surface area (Å²) in [4.78, 5) is 23.2. The number of carbonyl (C=O) groups excluding carboxylic acids is 2. The number of nitrogens with zero attached hydrogens (tertiary/aromatic N) is 2. The molecule has 2 amide bonds. The summed E-state index contributed by atoms with van der Waals surface area (Å²) in [5.74, 6) is -1.07. The SMILES string of the molecule is CCN(O)C(=O)c1ccc(C(=O)N(O)CC)cc1. The lowest BCUT2D eigenvalue weighted by Crippen LogP contribution is -2.28. The molecule has 0 saturated heterocycles. The molecule has 6 nitrogen and oxygen atoms in total. The molecule has 18 heavy (non-hydrogen) atoms. The normalized spacial score (nSPS) is 10.0. The topological polar surface area (TPSA) is 81.1 Å². The highest BCUT2D eigenvalue weighted by atomic mass is 16.5. The maximum absolute atomic E-state index is 11.6. The summed E-state index contributed by atoms with van der Waals surface area (Å²) in [6.07, 6.45) is 0. The van der Waals surface area contributed by atoms with Gasteiger partial charge in [-0.1, -0.05) is 0 Å². The molecule has 1 rings (SSSR count). The number of benzene rings is 1. The highest BCUT2D eigenvalue weighted by Gasteiger charge is 2.15. The first-order chi connectivity index (χ1) is 8.51. The molecule has 0 bridgehead atoms. The smallest absolute Gasteiger partial charge is 0.277 e. The van der Waals surface area contributed by atoms with Gasteiger partial charge in [-0.15, -0.1) is 0 Å². The van der Waals surface area contributed by atoms with Crippen LogP contribution in [0.15, 0.2) is 24.3 Å². The molecule has 0 spiro atoms. The largest absolute Gasteiger partial charge is 0.286 e. The molecule has 0 atom stereocenters. The second kappa shape index (κ2) is 6.13. The summed E-state index contributed by atoms with van der Waals surface area (Å²) in [5.41, 5.74) is 0.550. The molecule has 0 heterocycles. The lowest BCUT2D eigenvalue weighted by Gasteiger charge is -2.14. The average molecular weight is 252 g/mol. The lowest BCUT2D eigenvalue weighted by atomic mass is 10.1. The molecule has 1 aromatic carbocycles. The van der Waals surface area contributed by atoms with E-state index in [0.29, 0.717) is 10.1 Å². The van der Waals surface area contributed by atoms with Gasteiger partial charge in [-0.3, -0.25) is 20.0 Å². The van der Waals surface area contributed by atoms with Gasteiger partial charge in [0.2, 0.25) is 0 Å². The molecule has 2 N–H and O–H groups in total. The van der Waals surface area contributed by atoms with E-state index in [4.69, 9.17) is 0 Å². The third kappa shape index (κ3) is 3.06. The number of hydrogen-bond acceptors (Lipinski definition) is 4. The summed E-state index contributed by atoms with van der Waals surface area (Å²) in [6, 6.07) is 5.71. The van der Waals surface area contributed by atoms with Gasteiger partial charge < -0.3 is 0 Å². The quantitative estimate of drug-likeness (QED) is 0.626. The van der Waals surface area contributed by atoms with Crippen LogP contribution in [-0.2, 0) is 0 Å². The minimum atomic E-state index is -0.534. The van der Waals surface area contributed by atoms with Crippen LogP contribution in [-0.4, -0.2) is 45.4 Å². The van der Waals surface area contributed by atoms with Gasteiger partial charge in [0.25, 0.3) is 11.8 Å². The third-order valence-corrected chi connectivity index (χ3v) is 2.45. The fraction of sp³-hybridized carbons (Fsp3) is 0.333. The van der Waals surface area contributed by atoms with Gasteiger partial charge in [0.05, 0.1) is 0 Å². The van der Waals surface area contributed by atoms with Crippen LogP contribution >= 0.6 is 0 Å². The molecule has 0 aliphatic heterocycles. The van der Waals surface area contributed by atoms with Crippen molar-refractivity contribution in [3.8, 4) is 0 Å². The van der Waals surface area contributed by atoms with E-state index in [1.165, 1.54) is 24.3 Å². The summed E-state index contributed by atoms with van der Waals surface area (Å²) < 4.78 is 0. The Kier molecular flexibility index (Phi) is 4.82. The summed E-state index contributed by atoms with van der Waals surface area (Å²) >= 11 is 0.